The van der Waals surface area contributed by atoms with Crippen LogP contribution in [-0.4, -0.2) is 33.3 Å². The van der Waals surface area contributed by atoms with Crippen molar-refractivity contribution in [2.45, 2.75) is 19.3 Å². The van der Waals surface area contributed by atoms with Crippen molar-refractivity contribution >= 4 is 45.9 Å². The largest absolute Gasteiger partial charge is 0.384 e. The monoisotopic (exact) mass is 400 g/mol. The molecule has 0 saturated heterocycles. The van der Waals surface area contributed by atoms with Crippen molar-refractivity contribution in [3.8, 4) is 11.1 Å². The summed E-state index contributed by atoms with van der Waals surface area (Å²) in [6.07, 6.45) is 8.38. The Labute approximate surface area is 164 Å². The van der Waals surface area contributed by atoms with E-state index in [2.05, 4.69) is 25.9 Å². The van der Waals surface area contributed by atoms with Crippen LogP contribution in [0.15, 0.2) is 30.6 Å². The third kappa shape index (κ3) is 3.27. The molecule has 1 fully saturated rings. The second kappa shape index (κ2) is 7.47. The van der Waals surface area contributed by atoms with Gasteiger partial charge in [-0.3, -0.25) is 9.89 Å². The summed E-state index contributed by atoms with van der Waals surface area (Å²) in [5.74, 6) is -0.129. The Morgan fingerprint density at radius 2 is 2.11 bits per heavy atom. The Balaban J connectivity index is 0.000000586. The average Bonchev–Trinajstić information content (AvgIpc) is 3.41. The van der Waals surface area contributed by atoms with Crippen molar-refractivity contribution in [2.24, 2.45) is 0 Å². The van der Waals surface area contributed by atoms with Crippen LogP contribution in [0, 0.1) is 5.82 Å². The Morgan fingerprint density at radius 3 is 2.79 bits per heavy atom. The number of H-pyrrole nitrogens is 1. The highest BCUT2D eigenvalue weighted by Gasteiger charge is 2.20. The van der Waals surface area contributed by atoms with E-state index in [0.29, 0.717) is 34.3 Å². The minimum atomic E-state index is -0.549. The molecule has 3 heterocycles. The lowest BCUT2D eigenvalue weighted by atomic mass is 10.0. The van der Waals surface area contributed by atoms with Crippen molar-refractivity contribution in [1.29, 1.82) is 0 Å². The molecule has 1 amide bonds. The van der Waals surface area contributed by atoms with Crippen molar-refractivity contribution in [1.82, 2.24) is 19.8 Å². The van der Waals surface area contributed by atoms with Crippen LogP contribution >= 0.6 is 11.6 Å². The molecule has 28 heavy (non-hydrogen) atoms. The van der Waals surface area contributed by atoms with Crippen molar-refractivity contribution < 1.29 is 9.18 Å². The maximum absolute atomic E-state index is 14.7. The first-order chi connectivity index (χ1) is 13.6. The van der Waals surface area contributed by atoms with Crippen LogP contribution in [0.1, 0.15) is 19.3 Å². The standard InChI is InChI=1S/C16H12ClFN6O.C3H6/c1-19-16-14(18)13(17)12(10-6-21-22-15(10)16)8-2-3-24-9(4-8)5-11(23-24)20-7-25;1-2-3-1/h2-7,19H,1H3,(H,21,22)(H,20,23,25);1-3H2. The molecule has 144 valence electrons. The molecule has 1 aliphatic carbocycles. The van der Waals surface area contributed by atoms with Gasteiger partial charge < -0.3 is 10.6 Å². The van der Waals surface area contributed by atoms with Gasteiger partial charge in [0, 0.05) is 30.3 Å². The number of benzene rings is 1. The predicted octanol–water partition coefficient (Wildman–Crippen LogP) is 4.45. The third-order valence-electron chi connectivity index (χ3n) is 4.35. The molecule has 0 atom stereocenters. The van der Waals surface area contributed by atoms with Gasteiger partial charge in [0.25, 0.3) is 0 Å². The third-order valence-corrected chi connectivity index (χ3v) is 4.71. The Hall–Kier alpha value is -3.13. The first kappa shape index (κ1) is 18.2. The highest BCUT2D eigenvalue weighted by molar-refractivity contribution is 6.36. The molecule has 0 unspecified atom stereocenters. The molecule has 1 saturated carbocycles. The van der Waals surface area contributed by atoms with E-state index in [-0.39, 0.29) is 10.7 Å². The molecule has 0 spiro atoms. The number of hydrogen-bond acceptors (Lipinski definition) is 4. The first-order valence-corrected chi connectivity index (χ1v) is 9.23. The van der Waals surface area contributed by atoms with Crippen LogP contribution in [0.3, 0.4) is 0 Å². The van der Waals surface area contributed by atoms with Crippen LogP contribution < -0.4 is 10.6 Å². The van der Waals surface area contributed by atoms with E-state index in [9.17, 15) is 9.18 Å². The van der Waals surface area contributed by atoms with E-state index in [1.165, 1.54) is 19.3 Å². The molecule has 4 aromatic rings. The number of aromatic nitrogens is 4. The number of rotatable bonds is 4. The average molecular weight is 401 g/mol. The molecular formula is C19H18ClFN6O. The highest BCUT2D eigenvalue weighted by Crippen LogP contribution is 2.41. The lowest BCUT2D eigenvalue weighted by Crippen LogP contribution is -1.97. The molecule has 0 bridgehead atoms. The molecule has 9 heteroatoms. The van der Waals surface area contributed by atoms with E-state index in [1.54, 1.807) is 36.1 Å². The quantitative estimate of drug-likeness (QED) is 0.442. The summed E-state index contributed by atoms with van der Waals surface area (Å²) in [6, 6.07) is 5.29. The van der Waals surface area contributed by atoms with Gasteiger partial charge in [-0.15, -0.1) is 0 Å². The number of carbonyl (C=O) groups is 1. The number of aromatic amines is 1. The van der Waals surface area contributed by atoms with Crippen molar-refractivity contribution in [3.63, 3.8) is 0 Å². The fourth-order valence-corrected chi connectivity index (χ4v) is 3.22. The van der Waals surface area contributed by atoms with Gasteiger partial charge in [-0.25, -0.2) is 8.91 Å². The topological polar surface area (TPSA) is 87.1 Å². The fraction of sp³-hybridized carbons (Fsp3) is 0.211. The van der Waals surface area contributed by atoms with Crippen molar-refractivity contribution in [2.75, 3.05) is 17.7 Å². The summed E-state index contributed by atoms with van der Waals surface area (Å²) in [4.78, 5) is 10.6. The number of halogens is 2. The molecule has 5 rings (SSSR count). The maximum Gasteiger partial charge on any atom is 0.212 e. The van der Waals surface area contributed by atoms with Crippen LogP contribution in [-0.2, 0) is 4.79 Å². The summed E-state index contributed by atoms with van der Waals surface area (Å²) in [6.45, 7) is 0. The SMILES string of the molecule is C1CC1.CNc1c(F)c(Cl)c(-c2ccn3nc(NC=O)cc3c2)c2cn[nH]c12. The number of fused-ring (bicyclic) bond motifs is 2. The molecule has 7 nitrogen and oxygen atoms in total. The molecule has 3 N–H and O–H groups in total. The number of amides is 1. The lowest BCUT2D eigenvalue weighted by Gasteiger charge is -2.12. The predicted molar refractivity (Wildman–Crippen MR) is 108 cm³/mol. The Bertz CT molecular complexity index is 1160. The molecule has 1 aromatic carbocycles. The number of hydrogen-bond donors (Lipinski definition) is 3. The highest BCUT2D eigenvalue weighted by atomic mass is 35.5. The Morgan fingerprint density at radius 1 is 1.32 bits per heavy atom. The number of nitrogens with one attached hydrogen (secondary N) is 3. The van der Waals surface area contributed by atoms with E-state index >= 15 is 0 Å². The van der Waals surface area contributed by atoms with Gasteiger partial charge in [0.05, 0.1) is 27.9 Å². The normalized spacial score (nSPS) is 12.5. The van der Waals surface area contributed by atoms with Gasteiger partial charge in [-0.05, 0) is 17.7 Å². The Kier molecular flexibility index (Phi) is 4.87. The van der Waals surface area contributed by atoms with Crippen molar-refractivity contribution in [3.05, 3.63) is 41.4 Å². The second-order valence-corrected chi connectivity index (χ2v) is 6.80. The van der Waals surface area contributed by atoms with Gasteiger partial charge in [0.1, 0.15) is 0 Å². The summed E-state index contributed by atoms with van der Waals surface area (Å²) >= 11 is 6.32. The van der Waals surface area contributed by atoms with Gasteiger partial charge >= 0.3 is 0 Å². The number of pyridine rings is 1. The minimum Gasteiger partial charge on any atom is -0.384 e. The van der Waals surface area contributed by atoms with E-state index < -0.39 is 5.82 Å². The van der Waals surface area contributed by atoms with E-state index in [0.717, 1.165) is 5.52 Å². The number of nitrogens with zero attached hydrogens (tertiary/aromatic N) is 3. The molecule has 3 aromatic heterocycles. The molecule has 0 radical (unpaired) electrons. The molecule has 0 aliphatic heterocycles. The zero-order valence-corrected chi connectivity index (χ0v) is 15.8. The van der Waals surface area contributed by atoms with E-state index in [4.69, 9.17) is 11.6 Å². The van der Waals surface area contributed by atoms with Crippen LogP contribution in [0.4, 0.5) is 15.9 Å². The van der Waals surface area contributed by atoms with Crippen LogP contribution in [0.25, 0.3) is 27.5 Å². The maximum atomic E-state index is 14.7. The van der Waals surface area contributed by atoms with Gasteiger partial charge in [-0.2, -0.15) is 10.2 Å². The van der Waals surface area contributed by atoms with Crippen LogP contribution in [0.5, 0.6) is 0 Å². The molecular weight excluding hydrogens is 383 g/mol. The summed E-state index contributed by atoms with van der Waals surface area (Å²) in [5, 5.41) is 17.0. The number of anilines is 2. The zero-order valence-electron chi connectivity index (χ0n) is 15.1. The summed E-state index contributed by atoms with van der Waals surface area (Å²) < 4.78 is 16.3. The van der Waals surface area contributed by atoms with Gasteiger partial charge in [0.15, 0.2) is 11.6 Å². The smallest absolute Gasteiger partial charge is 0.212 e. The van der Waals surface area contributed by atoms with Gasteiger partial charge in [-0.1, -0.05) is 30.9 Å². The number of carbonyl (C=O) groups excluding carboxylic acids is 1. The summed E-state index contributed by atoms with van der Waals surface area (Å²) in [5.41, 5.74) is 2.78. The van der Waals surface area contributed by atoms with Crippen LogP contribution in [0.2, 0.25) is 5.02 Å². The lowest BCUT2D eigenvalue weighted by molar-refractivity contribution is -0.105. The first-order valence-electron chi connectivity index (χ1n) is 8.85. The summed E-state index contributed by atoms with van der Waals surface area (Å²) in [7, 11) is 1.62. The van der Waals surface area contributed by atoms with E-state index in [1.807, 2.05) is 6.07 Å². The second-order valence-electron chi connectivity index (χ2n) is 6.42. The fourth-order valence-electron chi connectivity index (χ4n) is 2.91. The molecule has 1 aliphatic rings. The van der Waals surface area contributed by atoms with Gasteiger partial charge in [0.2, 0.25) is 6.41 Å². The minimum absolute atomic E-state index is 0.00774. The zero-order chi connectivity index (χ0) is 19.7.